The summed E-state index contributed by atoms with van der Waals surface area (Å²) in [5.41, 5.74) is 2.09. The molecule has 7 heteroatoms. The van der Waals surface area contributed by atoms with Gasteiger partial charge in [-0.05, 0) is 39.1 Å². The minimum atomic E-state index is 0.674. The lowest BCUT2D eigenvalue weighted by molar-refractivity contribution is 0.249. The number of ether oxygens (including phenoxy) is 1. The number of benzene rings is 1. The Morgan fingerprint density at radius 2 is 1.85 bits per heavy atom. The average Bonchev–Trinajstić information content (AvgIpc) is 2.68. The van der Waals surface area contributed by atoms with Gasteiger partial charge in [-0.25, -0.2) is 9.97 Å². The third kappa shape index (κ3) is 4.16. The molecule has 2 heterocycles. The molecular weight excluding hydrogens is 328 g/mol. The second-order valence-corrected chi connectivity index (χ2v) is 6.73. The number of piperidine rings is 1. The van der Waals surface area contributed by atoms with Crippen LogP contribution in [0.5, 0.6) is 5.75 Å². The van der Waals surface area contributed by atoms with Crippen molar-refractivity contribution in [2.75, 3.05) is 56.9 Å². The molecule has 1 saturated heterocycles. The van der Waals surface area contributed by atoms with Crippen LogP contribution in [0.25, 0.3) is 0 Å². The first-order chi connectivity index (χ1) is 12.6. The number of hydrogen-bond acceptors (Lipinski definition) is 7. The molecule has 0 aliphatic carbocycles. The smallest absolute Gasteiger partial charge is 0.144 e. The number of rotatable bonds is 6. The fourth-order valence-electron chi connectivity index (χ4n) is 3.32. The van der Waals surface area contributed by atoms with Crippen molar-refractivity contribution in [1.29, 1.82) is 0 Å². The van der Waals surface area contributed by atoms with E-state index >= 15 is 0 Å². The second kappa shape index (κ2) is 8.23. The fraction of sp³-hybridized carbons (Fsp3) is 0.474. The van der Waals surface area contributed by atoms with Gasteiger partial charge in [0.05, 0.1) is 12.8 Å². The van der Waals surface area contributed by atoms with Crippen molar-refractivity contribution < 1.29 is 4.74 Å². The molecule has 1 aliphatic rings. The quantitative estimate of drug-likeness (QED) is 0.825. The van der Waals surface area contributed by atoms with E-state index in [-0.39, 0.29) is 0 Å². The van der Waals surface area contributed by atoms with Crippen LogP contribution in [0.1, 0.15) is 12.8 Å². The Morgan fingerprint density at radius 1 is 1.12 bits per heavy atom. The van der Waals surface area contributed by atoms with E-state index in [9.17, 15) is 0 Å². The number of nitrogens with zero attached hydrogens (tertiary/aromatic N) is 4. The standard InChI is InChI=1S/C19H28N6O/c1-20-18-12-19(22-13-21-18)23-16-6-5-15(11-17(16)26-4)25-9-7-14(8-10-25)24(2)3/h5-6,11-14H,7-10H2,1-4H3,(H2,20,21,22,23). The van der Waals surface area contributed by atoms with Gasteiger partial charge in [0, 0.05) is 44.0 Å². The summed E-state index contributed by atoms with van der Waals surface area (Å²) in [6.45, 7) is 2.13. The Balaban J connectivity index is 1.73. The van der Waals surface area contributed by atoms with Crippen LogP contribution in [0.3, 0.4) is 0 Å². The molecule has 1 fully saturated rings. The van der Waals surface area contributed by atoms with Crippen molar-refractivity contribution in [2.45, 2.75) is 18.9 Å². The molecule has 0 unspecified atom stereocenters. The molecule has 26 heavy (non-hydrogen) atoms. The van der Waals surface area contributed by atoms with E-state index in [0.29, 0.717) is 6.04 Å². The first-order valence-electron chi connectivity index (χ1n) is 8.97. The predicted molar refractivity (Wildman–Crippen MR) is 107 cm³/mol. The molecule has 0 spiro atoms. The van der Waals surface area contributed by atoms with Crippen LogP contribution in [0, 0.1) is 0 Å². The number of methoxy groups -OCH3 is 1. The maximum Gasteiger partial charge on any atom is 0.144 e. The van der Waals surface area contributed by atoms with Gasteiger partial charge in [0.25, 0.3) is 0 Å². The normalized spacial score (nSPS) is 15.2. The summed E-state index contributed by atoms with van der Waals surface area (Å²) in [7, 11) is 7.86. The first-order valence-corrected chi connectivity index (χ1v) is 8.97. The largest absolute Gasteiger partial charge is 0.494 e. The zero-order chi connectivity index (χ0) is 18.5. The Kier molecular flexibility index (Phi) is 5.78. The third-order valence-electron chi connectivity index (χ3n) is 4.93. The molecule has 3 rings (SSSR count). The van der Waals surface area contributed by atoms with Gasteiger partial charge in [-0.1, -0.05) is 0 Å². The summed E-state index contributed by atoms with van der Waals surface area (Å²) in [5, 5.41) is 6.32. The Labute approximate surface area is 155 Å². The molecule has 2 N–H and O–H groups in total. The topological polar surface area (TPSA) is 65.5 Å². The highest BCUT2D eigenvalue weighted by molar-refractivity contribution is 5.69. The van der Waals surface area contributed by atoms with Crippen LogP contribution in [0.2, 0.25) is 0 Å². The van der Waals surface area contributed by atoms with E-state index in [4.69, 9.17) is 4.74 Å². The van der Waals surface area contributed by atoms with Crippen molar-refractivity contribution in [1.82, 2.24) is 14.9 Å². The molecule has 1 aromatic carbocycles. The van der Waals surface area contributed by atoms with E-state index in [1.54, 1.807) is 7.11 Å². The molecule has 140 valence electrons. The minimum Gasteiger partial charge on any atom is -0.494 e. The molecule has 0 saturated carbocycles. The summed E-state index contributed by atoms with van der Waals surface area (Å²) in [4.78, 5) is 13.1. The zero-order valence-electron chi connectivity index (χ0n) is 16.0. The van der Waals surface area contributed by atoms with Gasteiger partial charge in [-0.3, -0.25) is 0 Å². The van der Waals surface area contributed by atoms with Gasteiger partial charge in [0.1, 0.15) is 23.7 Å². The third-order valence-corrected chi connectivity index (χ3v) is 4.93. The highest BCUT2D eigenvalue weighted by Gasteiger charge is 2.21. The maximum atomic E-state index is 5.61. The molecule has 2 aromatic rings. The van der Waals surface area contributed by atoms with Gasteiger partial charge in [0.15, 0.2) is 0 Å². The first kappa shape index (κ1) is 18.3. The van der Waals surface area contributed by atoms with Crippen LogP contribution >= 0.6 is 0 Å². The highest BCUT2D eigenvalue weighted by Crippen LogP contribution is 2.33. The SMILES string of the molecule is CNc1cc(Nc2ccc(N3CCC(N(C)C)CC3)cc2OC)ncn1. The Bertz CT molecular complexity index is 728. The average molecular weight is 356 g/mol. The summed E-state index contributed by atoms with van der Waals surface area (Å²) in [5.74, 6) is 2.30. The molecule has 0 amide bonds. The molecule has 0 atom stereocenters. The van der Waals surface area contributed by atoms with E-state index < -0.39 is 0 Å². The van der Waals surface area contributed by atoms with Crippen LogP contribution in [0.15, 0.2) is 30.6 Å². The lowest BCUT2D eigenvalue weighted by Crippen LogP contribution is -2.41. The van der Waals surface area contributed by atoms with Crippen LogP contribution in [0.4, 0.5) is 23.0 Å². The van der Waals surface area contributed by atoms with Crippen molar-refractivity contribution in [2.24, 2.45) is 0 Å². The Hall–Kier alpha value is -2.54. The van der Waals surface area contributed by atoms with Crippen molar-refractivity contribution in [3.05, 3.63) is 30.6 Å². The summed E-state index contributed by atoms with van der Waals surface area (Å²) in [6.07, 6.45) is 3.90. The van der Waals surface area contributed by atoms with Gasteiger partial charge in [0.2, 0.25) is 0 Å². The predicted octanol–water partition coefficient (Wildman–Crippen LogP) is 2.80. The molecule has 1 aromatic heterocycles. The fourth-order valence-corrected chi connectivity index (χ4v) is 3.32. The summed E-state index contributed by atoms with van der Waals surface area (Å²) >= 11 is 0. The van der Waals surface area contributed by atoms with Crippen LogP contribution in [-0.4, -0.2) is 62.3 Å². The number of aromatic nitrogens is 2. The Morgan fingerprint density at radius 3 is 2.50 bits per heavy atom. The highest BCUT2D eigenvalue weighted by atomic mass is 16.5. The van der Waals surface area contributed by atoms with E-state index in [2.05, 4.69) is 56.6 Å². The summed E-state index contributed by atoms with van der Waals surface area (Å²) in [6, 6.07) is 8.82. The van der Waals surface area contributed by atoms with Gasteiger partial charge in [-0.2, -0.15) is 0 Å². The lowest BCUT2D eigenvalue weighted by Gasteiger charge is -2.36. The van der Waals surface area contributed by atoms with Crippen molar-refractivity contribution in [3.8, 4) is 5.75 Å². The van der Waals surface area contributed by atoms with Crippen molar-refractivity contribution in [3.63, 3.8) is 0 Å². The van der Waals surface area contributed by atoms with E-state index in [1.807, 2.05) is 19.2 Å². The zero-order valence-corrected chi connectivity index (χ0v) is 16.0. The molecule has 7 nitrogen and oxygen atoms in total. The molecule has 0 radical (unpaired) electrons. The van der Waals surface area contributed by atoms with Crippen molar-refractivity contribution >= 4 is 23.0 Å². The second-order valence-electron chi connectivity index (χ2n) is 6.73. The van der Waals surface area contributed by atoms with Gasteiger partial charge in [-0.15, -0.1) is 0 Å². The van der Waals surface area contributed by atoms with E-state index in [0.717, 1.165) is 36.2 Å². The maximum absolute atomic E-state index is 5.61. The van der Waals surface area contributed by atoms with Gasteiger partial charge < -0.3 is 25.2 Å². The van der Waals surface area contributed by atoms with Crippen LogP contribution < -0.4 is 20.3 Å². The number of anilines is 4. The van der Waals surface area contributed by atoms with Crippen LogP contribution in [-0.2, 0) is 0 Å². The number of hydrogen-bond donors (Lipinski definition) is 2. The molecule has 1 aliphatic heterocycles. The lowest BCUT2D eigenvalue weighted by atomic mass is 10.0. The monoisotopic (exact) mass is 356 g/mol. The van der Waals surface area contributed by atoms with E-state index in [1.165, 1.54) is 24.9 Å². The molecule has 0 bridgehead atoms. The van der Waals surface area contributed by atoms with Gasteiger partial charge >= 0.3 is 0 Å². The molecular formula is C19H28N6O. The minimum absolute atomic E-state index is 0.674. The summed E-state index contributed by atoms with van der Waals surface area (Å²) < 4.78 is 5.61. The number of nitrogens with one attached hydrogen (secondary N) is 2.